The Morgan fingerprint density at radius 3 is 3.00 bits per heavy atom. The summed E-state index contributed by atoms with van der Waals surface area (Å²) in [5.74, 6) is 0.495. The molecule has 1 atom stereocenters. The number of nitrogens with zero attached hydrogens (tertiary/aromatic N) is 3. The monoisotopic (exact) mass is 317 g/mol. The molecule has 6 heteroatoms. The largest absolute Gasteiger partial charge is 0.342 e. The van der Waals surface area contributed by atoms with Gasteiger partial charge in [0.25, 0.3) is 0 Å². The van der Waals surface area contributed by atoms with E-state index < -0.39 is 0 Å². The zero-order valence-corrected chi connectivity index (χ0v) is 13.4. The highest BCUT2D eigenvalue weighted by molar-refractivity contribution is 7.08. The Balaban J connectivity index is 1.65. The van der Waals surface area contributed by atoms with E-state index >= 15 is 0 Å². The molecule has 1 fully saturated rings. The normalized spacial score (nSPS) is 18.4. The van der Waals surface area contributed by atoms with Crippen molar-refractivity contribution in [3.8, 4) is 0 Å². The van der Waals surface area contributed by atoms with Crippen LogP contribution in [0.2, 0.25) is 0 Å². The molecule has 0 saturated carbocycles. The van der Waals surface area contributed by atoms with Crippen LogP contribution in [0.5, 0.6) is 0 Å². The Hall–Kier alpha value is -1.95. The number of hydrogen-bond acceptors (Lipinski definition) is 4. The number of piperidine rings is 1. The maximum atomic E-state index is 12.5. The smallest absolute Gasteiger partial charge is 0.227 e. The SMILES string of the molecule is Cn1ccnc1C(=O)C1CCCN(C(=O)Cc2ccsc2)C1. The van der Waals surface area contributed by atoms with Gasteiger partial charge in [0.05, 0.1) is 6.42 Å². The van der Waals surface area contributed by atoms with E-state index in [2.05, 4.69) is 4.98 Å². The number of ketones is 1. The van der Waals surface area contributed by atoms with E-state index in [1.807, 2.05) is 28.8 Å². The molecule has 5 nitrogen and oxygen atoms in total. The third kappa shape index (κ3) is 3.11. The summed E-state index contributed by atoms with van der Waals surface area (Å²) in [5.41, 5.74) is 1.05. The van der Waals surface area contributed by atoms with Crippen LogP contribution in [0.25, 0.3) is 0 Å². The van der Waals surface area contributed by atoms with Gasteiger partial charge in [-0.1, -0.05) is 0 Å². The van der Waals surface area contributed by atoms with E-state index in [1.165, 1.54) is 0 Å². The number of aryl methyl sites for hydroxylation is 1. The molecule has 2 aromatic heterocycles. The number of thiophene rings is 1. The number of carbonyl (C=O) groups is 2. The molecular weight excluding hydrogens is 298 g/mol. The predicted octanol–water partition coefficient (Wildman–Crippen LogP) is 2.15. The summed E-state index contributed by atoms with van der Waals surface area (Å²) >= 11 is 1.60. The molecule has 1 unspecified atom stereocenters. The maximum Gasteiger partial charge on any atom is 0.227 e. The second kappa shape index (κ2) is 6.44. The van der Waals surface area contributed by atoms with Gasteiger partial charge in [0.1, 0.15) is 0 Å². The van der Waals surface area contributed by atoms with Gasteiger partial charge >= 0.3 is 0 Å². The van der Waals surface area contributed by atoms with Crippen molar-refractivity contribution in [3.63, 3.8) is 0 Å². The summed E-state index contributed by atoms with van der Waals surface area (Å²) in [6.45, 7) is 1.25. The number of aromatic nitrogens is 2. The lowest BCUT2D eigenvalue weighted by atomic mass is 9.93. The first-order chi connectivity index (χ1) is 10.6. The van der Waals surface area contributed by atoms with Gasteiger partial charge < -0.3 is 9.47 Å². The lowest BCUT2D eigenvalue weighted by Gasteiger charge is -2.32. The molecule has 0 aromatic carbocycles. The van der Waals surface area contributed by atoms with Gasteiger partial charge in [-0.05, 0) is 35.2 Å². The molecule has 1 saturated heterocycles. The molecule has 1 amide bonds. The van der Waals surface area contributed by atoms with E-state index in [4.69, 9.17) is 0 Å². The van der Waals surface area contributed by atoms with Crippen LogP contribution in [-0.4, -0.2) is 39.2 Å². The van der Waals surface area contributed by atoms with Gasteiger partial charge in [0.2, 0.25) is 11.7 Å². The lowest BCUT2D eigenvalue weighted by Crippen LogP contribution is -2.43. The van der Waals surface area contributed by atoms with Gasteiger partial charge in [0.15, 0.2) is 5.82 Å². The molecule has 0 spiro atoms. The zero-order valence-electron chi connectivity index (χ0n) is 12.6. The Morgan fingerprint density at radius 1 is 1.45 bits per heavy atom. The third-order valence-corrected chi connectivity index (χ3v) is 4.85. The van der Waals surface area contributed by atoms with E-state index in [-0.39, 0.29) is 17.6 Å². The number of hydrogen-bond donors (Lipinski definition) is 0. The number of likely N-dealkylation sites (tertiary alicyclic amines) is 1. The van der Waals surface area contributed by atoms with Crippen molar-refractivity contribution in [1.82, 2.24) is 14.5 Å². The summed E-state index contributed by atoms with van der Waals surface area (Å²) < 4.78 is 1.74. The van der Waals surface area contributed by atoms with Gasteiger partial charge in [-0.2, -0.15) is 11.3 Å². The molecule has 116 valence electrons. The Morgan fingerprint density at radius 2 is 2.32 bits per heavy atom. The van der Waals surface area contributed by atoms with E-state index in [9.17, 15) is 9.59 Å². The molecule has 3 rings (SSSR count). The molecular formula is C16H19N3O2S. The van der Waals surface area contributed by atoms with Crippen molar-refractivity contribution in [2.45, 2.75) is 19.3 Å². The molecule has 0 aliphatic carbocycles. The first-order valence-corrected chi connectivity index (χ1v) is 8.40. The van der Waals surface area contributed by atoms with Crippen LogP contribution in [0, 0.1) is 5.92 Å². The zero-order chi connectivity index (χ0) is 15.5. The number of rotatable bonds is 4. The van der Waals surface area contributed by atoms with Crippen LogP contribution < -0.4 is 0 Å². The van der Waals surface area contributed by atoms with Crippen molar-refractivity contribution in [2.24, 2.45) is 13.0 Å². The van der Waals surface area contributed by atoms with Crippen LogP contribution in [0.1, 0.15) is 29.0 Å². The Bertz CT molecular complexity index is 663. The fourth-order valence-electron chi connectivity index (χ4n) is 2.88. The molecule has 3 heterocycles. The molecule has 22 heavy (non-hydrogen) atoms. The molecule has 2 aromatic rings. The molecule has 0 radical (unpaired) electrons. The van der Waals surface area contributed by atoms with Gasteiger partial charge in [-0.25, -0.2) is 4.98 Å². The average Bonchev–Trinajstić information content (AvgIpc) is 3.18. The highest BCUT2D eigenvalue weighted by atomic mass is 32.1. The molecule has 0 bridgehead atoms. The first-order valence-electron chi connectivity index (χ1n) is 7.45. The summed E-state index contributed by atoms with van der Waals surface area (Å²) in [7, 11) is 1.82. The molecule has 1 aliphatic rings. The van der Waals surface area contributed by atoms with Gasteiger partial charge in [0, 0.05) is 38.4 Å². The minimum Gasteiger partial charge on any atom is -0.342 e. The van der Waals surface area contributed by atoms with E-state index in [1.54, 1.807) is 28.3 Å². The minimum absolute atomic E-state index is 0.0422. The Labute approximate surface area is 133 Å². The van der Waals surface area contributed by atoms with E-state index in [0.717, 1.165) is 24.9 Å². The van der Waals surface area contributed by atoms with Crippen molar-refractivity contribution in [2.75, 3.05) is 13.1 Å². The van der Waals surface area contributed by atoms with Crippen molar-refractivity contribution >= 4 is 23.0 Å². The summed E-state index contributed by atoms with van der Waals surface area (Å²) in [5, 5.41) is 3.98. The van der Waals surface area contributed by atoms with Gasteiger partial charge in [-0.15, -0.1) is 0 Å². The van der Waals surface area contributed by atoms with Crippen LogP contribution >= 0.6 is 11.3 Å². The predicted molar refractivity (Wildman–Crippen MR) is 84.9 cm³/mol. The van der Waals surface area contributed by atoms with Crippen LogP contribution in [0.3, 0.4) is 0 Å². The number of imidazole rings is 1. The standard InChI is InChI=1S/C16H19N3O2S/c1-18-7-5-17-16(18)15(21)13-3-2-6-19(10-13)14(20)9-12-4-8-22-11-12/h4-5,7-8,11,13H,2-3,6,9-10H2,1H3. The number of amides is 1. The fourth-order valence-corrected chi connectivity index (χ4v) is 3.55. The quantitative estimate of drug-likeness (QED) is 0.812. The minimum atomic E-state index is -0.138. The Kier molecular flexibility index (Phi) is 4.38. The van der Waals surface area contributed by atoms with Crippen LogP contribution in [0.15, 0.2) is 29.2 Å². The second-order valence-electron chi connectivity index (χ2n) is 5.71. The summed E-state index contributed by atoms with van der Waals surface area (Å²) in [6.07, 6.45) is 5.53. The van der Waals surface area contributed by atoms with Crippen molar-refractivity contribution in [1.29, 1.82) is 0 Å². The molecule has 1 aliphatic heterocycles. The highest BCUT2D eigenvalue weighted by Gasteiger charge is 2.30. The van der Waals surface area contributed by atoms with E-state index in [0.29, 0.717) is 18.8 Å². The fraction of sp³-hybridized carbons (Fsp3) is 0.438. The topological polar surface area (TPSA) is 55.2 Å². The number of carbonyl (C=O) groups excluding carboxylic acids is 2. The van der Waals surface area contributed by atoms with Crippen molar-refractivity contribution < 1.29 is 9.59 Å². The second-order valence-corrected chi connectivity index (χ2v) is 6.49. The van der Waals surface area contributed by atoms with Crippen LogP contribution in [-0.2, 0) is 18.3 Å². The van der Waals surface area contributed by atoms with Gasteiger partial charge in [-0.3, -0.25) is 9.59 Å². The third-order valence-electron chi connectivity index (χ3n) is 4.12. The number of Topliss-reactive ketones (excluding diaryl/α,β-unsaturated/α-hetero) is 1. The lowest BCUT2D eigenvalue weighted by molar-refractivity contribution is -0.131. The molecule has 0 N–H and O–H groups in total. The highest BCUT2D eigenvalue weighted by Crippen LogP contribution is 2.21. The maximum absolute atomic E-state index is 12.5. The first kappa shape index (κ1) is 15.0. The van der Waals surface area contributed by atoms with Crippen molar-refractivity contribution in [3.05, 3.63) is 40.6 Å². The average molecular weight is 317 g/mol. The summed E-state index contributed by atoms with van der Waals surface area (Å²) in [6, 6.07) is 1.98. The van der Waals surface area contributed by atoms with Crippen LogP contribution in [0.4, 0.5) is 0 Å². The summed E-state index contributed by atoms with van der Waals surface area (Å²) in [4.78, 5) is 30.9.